The van der Waals surface area contributed by atoms with Gasteiger partial charge < -0.3 is 20.8 Å². The van der Waals surface area contributed by atoms with Crippen molar-refractivity contribution >= 4 is 150 Å². The van der Waals surface area contributed by atoms with Crippen LogP contribution in [-0.2, 0) is 75.0 Å². The van der Waals surface area contributed by atoms with Crippen molar-refractivity contribution < 1.29 is 101 Å². The molecule has 0 unspecified atom stereocenters. The lowest BCUT2D eigenvalue weighted by Gasteiger charge is -2.15. The number of hydrogen-bond acceptors (Lipinski definition) is 26. The van der Waals surface area contributed by atoms with Gasteiger partial charge in [-0.05, 0) is 102 Å². The van der Waals surface area contributed by atoms with Crippen molar-refractivity contribution in [3.63, 3.8) is 0 Å². The minimum absolute atomic E-state index is 0.00320. The number of phenolic OH excluding ortho intramolecular Hbond substituents is 2. The first kappa shape index (κ1) is 58.6. The zero-order chi connectivity index (χ0) is 57.9. The maximum atomic E-state index is 13.1. The van der Waals surface area contributed by atoms with Crippen molar-refractivity contribution in [1.82, 2.24) is 15.0 Å². The molecule has 0 radical (unpaired) electrons. The molecule has 0 amide bonds. The number of aryl methyl sites for hydroxylation is 1. The fourth-order valence-corrected chi connectivity index (χ4v) is 11.8. The lowest BCUT2D eigenvalue weighted by atomic mass is 10.0. The third kappa shape index (κ3) is 13.2. The molecule has 0 saturated heterocycles. The molecule has 414 valence electrons. The second kappa shape index (κ2) is 20.9. The van der Waals surface area contributed by atoms with Crippen molar-refractivity contribution in [2.75, 3.05) is 23.0 Å². The highest BCUT2D eigenvalue weighted by Gasteiger charge is 2.29. The molecule has 1 heterocycles. The number of rotatable bonds is 18. The number of sulfone groups is 1. The Balaban J connectivity index is 1.32. The van der Waals surface area contributed by atoms with Crippen LogP contribution in [0.1, 0.15) is 5.56 Å². The first-order chi connectivity index (χ1) is 35.8. The number of aromatic hydroxyl groups is 2. The molecule has 7 aromatic rings. The zero-order valence-electron chi connectivity index (χ0n) is 38.0. The predicted molar refractivity (Wildman–Crippen MR) is 267 cm³/mol. The molecule has 0 spiro atoms. The molecule has 10 N–H and O–H groups in total. The van der Waals surface area contributed by atoms with Crippen LogP contribution in [0, 0.1) is 6.92 Å². The van der Waals surface area contributed by atoms with E-state index in [2.05, 4.69) is 50.2 Å². The molecule has 0 fully saturated rings. The van der Waals surface area contributed by atoms with Gasteiger partial charge in [-0.15, -0.1) is 20.5 Å². The molecule has 0 aliphatic rings. The Morgan fingerprint density at radius 3 is 1.77 bits per heavy atom. The standard InChI is InChI=1S/C38H30ClN9O23S7/c1-17-11-18-12-22(74(56,57)58)15-27(41-38-43-36(39)42-37(44-38)40-19-3-2-4-20(13-19)72(51,52)10-9-71-78(68,69)70)30(18)34(50)31(17)47-45-25-7-6-23-24(35(25)77(65,66)67)16-29(76(62,63)64)32(33(23)49)48-46-26-14-21(73(53,54)55)5-8-28(26)75(59,60)61/h2-8,11-16,49-50H,9-10H2,1H3,(H,53,54,55)(H,56,57,58)(H,59,60,61)(H,62,63,64)(H,65,66,67)(H,68,69,70)(H2,40,41,42,43,44). The monoisotopic (exact) mass is 1240 g/mol. The molecular weight excluding hydrogens is 1210 g/mol. The molecule has 40 heteroatoms. The van der Waals surface area contributed by atoms with E-state index in [1.807, 2.05) is 0 Å². The van der Waals surface area contributed by atoms with Gasteiger partial charge in [0.1, 0.15) is 37.4 Å². The number of nitrogens with one attached hydrogen (secondary N) is 2. The summed E-state index contributed by atoms with van der Waals surface area (Å²) in [7, 11) is -35.9. The van der Waals surface area contributed by atoms with E-state index < -0.39 is 176 Å². The van der Waals surface area contributed by atoms with Gasteiger partial charge in [-0.3, -0.25) is 27.3 Å². The number of anilines is 4. The molecule has 0 aliphatic carbocycles. The minimum Gasteiger partial charge on any atom is -0.505 e. The van der Waals surface area contributed by atoms with Crippen molar-refractivity contribution in [3.8, 4) is 11.5 Å². The van der Waals surface area contributed by atoms with E-state index in [-0.39, 0.29) is 26.9 Å². The van der Waals surface area contributed by atoms with Crippen molar-refractivity contribution in [3.05, 3.63) is 89.7 Å². The van der Waals surface area contributed by atoms with Crippen LogP contribution in [0.3, 0.4) is 0 Å². The molecule has 7 rings (SSSR count). The quantitative estimate of drug-likeness (QED) is 0.0364. The van der Waals surface area contributed by atoms with E-state index in [0.29, 0.717) is 24.3 Å². The summed E-state index contributed by atoms with van der Waals surface area (Å²) in [6.07, 6.45) is 0. The number of fused-ring (bicyclic) bond motifs is 2. The fourth-order valence-electron chi connectivity index (χ4n) is 7.03. The van der Waals surface area contributed by atoms with Crippen molar-refractivity contribution in [1.29, 1.82) is 0 Å². The highest BCUT2D eigenvalue weighted by molar-refractivity contribution is 7.91. The Kier molecular flexibility index (Phi) is 15.7. The number of hydrogen-bond donors (Lipinski definition) is 10. The van der Waals surface area contributed by atoms with Crippen LogP contribution in [0.15, 0.2) is 129 Å². The lowest BCUT2D eigenvalue weighted by molar-refractivity contribution is 0.283. The smallest absolute Gasteiger partial charge is 0.397 e. The molecule has 0 atom stereocenters. The average Bonchev–Trinajstić information content (AvgIpc) is 3.30. The second-order valence-corrected chi connectivity index (χ2v) is 26.1. The summed E-state index contributed by atoms with van der Waals surface area (Å²) in [5.74, 6) is -4.01. The summed E-state index contributed by atoms with van der Waals surface area (Å²) in [5, 5.41) is 40.2. The molecule has 32 nitrogen and oxygen atoms in total. The number of azo groups is 2. The van der Waals surface area contributed by atoms with Crippen LogP contribution in [-0.4, -0.2) is 124 Å². The van der Waals surface area contributed by atoms with Gasteiger partial charge in [0.05, 0.1) is 32.7 Å². The van der Waals surface area contributed by atoms with E-state index in [1.54, 1.807) is 0 Å². The molecule has 0 bridgehead atoms. The molecule has 78 heavy (non-hydrogen) atoms. The highest BCUT2D eigenvalue weighted by atomic mass is 35.5. The summed E-state index contributed by atoms with van der Waals surface area (Å²) >= 11 is 6.17. The van der Waals surface area contributed by atoms with Crippen LogP contribution < -0.4 is 10.6 Å². The summed E-state index contributed by atoms with van der Waals surface area (Å²) in [5.41, 5.74) is -4.23. The number of aromatic nitrogens is 3. The van der Waals surface area contributed by atoms with Gasteiger partial charge in [0.25, 0.3) is 50.6 Å². The van der Waals surface area contributed by atoms with Crippen LogP contribution >= 0.6 is 11.6 Å². The van der Waals surface area contributed by atoms with Crippen LogP contribution in [0.2, 0.25) is 5.28 Å². The number of halogens is 1. The molecule has 0 saturated carbocycles. The normalized spacial score (nSPS) is 13.2. The Labute approximate surface area is 443 Å². The third-order valence-electron chi connectivity index (χ3n) is 10.3. The molecular formula is C38H30ClN9O23S7. The maximum Gasteiger partial charge on any atom is 0.397 e. The lowest BCUT2D eigenvalue weighted by Crippen LogP contribution is -2.15. The fraction of sp³-hybridized carbons (Fsp3) is 0.0789. The third-order valence-corrected chi connectivity index (χ3v) is 17.0. The van der Waals surface area contributed by atoms with E-state index in [1.165, 1.54) is 25.1 Å². The molecule has 1 aromatic heterocycles. The van der Waals surface area contributed by atoms with Crippen molar-refractivity contribution in [2.24, 2.45) is 20.5 Å². The SMILES string of the molecule is Cc1cc2cc(S(=O)(=O)O)cc(Nc3nc(Cl)nc(Nc4cccc(S(=O)(=O)CCOS(=O)(=O)O)c4)n3)c2c(O)c1N=Nc1ccc2c(O)c(N=Nc3cc(S(=O)(=O)O)ccc3S(=O)(=O)O)c(S(=O)(=O)O)cc2c1S(=O)(=O)O. The van der Waals surface area contributed by atoms with Crippen LogP contribution in [0.4, 0.5) is 46.0 Å². The number of benzene rings is 6. The van der Waals surface area contributed by atoms with Crippen LogP contribution in [0.25, 0.3) is 21.5 Å². The maximum absolute atomic E-state index is 13.1. The van der Waals surface area contributed by atoms with Gasteiger partial charge in [-0.1, -0.05) is 6.07 Å². The van der Waals surface area contributed by atoms with Gasteiger partial charge in [-0.2, -0.15) is 65.5 Å². The zero-order valence-corrected chi connectivity index (χ0v) is 44.5. The summed E-state index contributed by atoms with van der Waals surface area (Å²) in [6, 6.07) is 11.0. The Hall–Kier alpha value is -7.09. The van der Waals surface area contributed by atoms with Gasteiger partial charge >= 0.3 is 10.4 Å². The first-order valence-electron chi connectivity index (χ1n) is 20.2. The summed E-state index contributed by atoms with van der Waals surface area (Å²) in [4.78, 5) is 5.82. The predicted octanol–water partition coefficient (Wildman–Crippen LogP) is 5.70. The molecule has 0 aliphatic heterocycles. The van der Waals surface area contributed by atoms with E-state index in [4.69, 9.17) is 16.2 Å². The van der Waals surface area contributed by atoms with Crippen LogP contribution in [0.5, 0.6) is 11.5 Å². The number of nitrogens with zero attached hydrogens (tertiary/aromatic N) is 7. The van der Waals surface area contributed by atoms with E-state index >= 15 is 0 Å². The second-order valence-electron chi connectivity index (χ2n) is 15.5. The first-order valence-corrected chi connectivity index (χ1v) is 30.8. The highest BCUT2D eigenvalue weighted by Crippen LogP contribution is 2.48. The minimum atomic E-state index is -5.66. The Bertz CT molecular complexity index is 4610. The summed E-state index contributed by atoms with van der Waals surface area (Å²) in [6.45, 7) is 0.352. The molecule has 6 aromatic carbocycles. The Morgan fingerprint density at radius 2 is 1.17 bits per heavy atom. The number of phenols is 2. The summed E-state index contributed by atoms with van der Waals surface area (Å²) < 4.78 is 234. The van der Waals surface area contributed by atoms with Gasteiger partial charge in [-0.25, -0.2) is 12.6 Å². The van der Waals surface area contributed by atoms with Gasteiger partial charge in [0.15, 0.2) is 21.3 Å². The Morgan fingerprint density at radius 1 is 0.551 bits per heavy atom. The van der Waals surface area contributed by atoms with E-state index in [0.717, 1.165) is 36.4 Å². The van der Waals surface area contributed by atoms with E-state index in [9.17, 15) is 91.9 Å². The largest absolute Gasteiger partial charge is 0.505 e. The van der Waals surface area contributed by atoms with Crippen molar-refractivity contribution in [2.45, 2.75) is 36.3 Å². The van der Waals surface area contributed by atoms with Gasteiger partial charge in [0, 0.05) is 21.8 Å². The topological polar surface area (TPSA) is 522 Å². The average molecular weight is 1240 g/mol. The van der Waals surface area contributed by atoms with Gasteiger partial charge in [0.2, 0.25) is 17.2 Å².